The van der Waals surface area contributed by atoms with Crippen molar-refractivity contribution < 1.29 is 4.79 Å². The fourth-order valence-electron chi connectivity index (χ4n) is 5.12. The van der Waals surface area contributed by atoms with Crippen molar-refractivity contribution in [2.45, 2.75) is 50.0 Å². The molecular formula is C21H31Cl2N3O. The lowest BCUT2D eigenvalue weighted by atomic mass is 9.68. The second-order valence-electron chi connectivity index (χ2n) is 8.13. The zero-order valence-electron chi connectivity index (χ0n) is 16.0. The van der Waals surface area contributed by atoms with E-state index in [2.05, 4.69) is 27.2 Å². The molecule has 1 aromatic rings. The van der Waals surface area contributed by atoms with Crippen LogP contribution in [0.15, 0.2) is 24.3 Å². The zero-order chi connectivity index (χ0) is 18.0. The van der Waals surface area contributed by atoms with E-state index in [-0.39, 0.29) is 17.8 Å². The fraction of sp³-hybridized carbons (Fsp3) is 0.667. The molecule has 1 aliphatic carbocycles. The van der Waals surface area contributed by atoms with E-state index in [0.29, 0.717) is 11.9 Å². The zero-order valence-corrected chi connectivity index (χ0v) is 17.5. The predicted octanol–water partition coefficient (Wildman–Crippen LogP) is 3.47. The van der Waals surface area contributed by atoms with E-state index in [4.69, 9.17) is 11.6 Å². The number of nitrogens with zero attached hydrogens (tertiary/aromatic N) is 2. The summed E-state index contributed by atoms with van der Waals surface area (Å²) in [6.45, 7) is 6.15. The first kappa shape index (κ1) is 20.9. The second kappa shape index (κ2) is 9.13. The molecule has 3 aliphatic rings. The molecule has 2 aliphatic heterocycles. The molecule has 4 rings (SSSR count). The van der Waals surface area contributed by atoms with Crippen LogP contribution in [0.25, 0.3) is 0 Å². The Balaban J connectivity index is 0.00000210. The summed E-state index contributed by atoms with van der Waals surface area (Å²) in [7, 11) is 0. The average molecular weight is 412 g/mol. The molecule has 0 aromatic heterocycles. The molecule has 6 heteroatoms. The van der Waals surface area contributed by atoms with Crippen molar-refractivity contribution in [3.8, 4) is 0 Å². The molecule has 4 nitrogen and oxygen atoms in total. The SMILES string of the molecule is Cl.O=C(N1CCC(N2CCNCC2)C1)C1(c2ccc(Cl)cc2)CCCCC1. The molecule has 1 N–H and O–H groups in total. The molecule has 3 fully saturated rings. The van der Waals surface area contributed by atoms with Gasteiger partial charge in [0.1, 0.15) is 0 Å². The van der Waals surface area contributed by atoms with Crippen LogP contribution >= 0.6 is 24.0 Å². The summed E-state index contributed by atoms with van der Waals surface area (Å²) in [6.07, 6.45) is 6.59. The van der Waals surface area contributed by atoms with Crippen molar-refractivity contribution in [1.82, 2.24) is 15.1 Å². The van der Waals surface area contributed by atoms with Gasteiger partial charge >= 0.3 is 0 Å². The molecule has 1 aromatic carbocycles. The van der Waals surface area contributed by atoms with E-state index < -0.39 is 0 Å². The van der Waals surface area contributed by atoms with Gasteiger partial charge < -0.3 is 10.2 Å². The highest BCUT2D eigenvalue weighted by Crippen LogP contribution is 2.42. The topological polar surface area (TPSA) is 35.6 Å². The highest BCUT2D eigenvalue weighted by molar-refractivity contribution is 6.30. The summed E-state index contributed by atoms with van der Waals surface area (Å²) in [5, 5.41) is 4.17. The Labute approximate surface area is 174 Å². The van der Waals surface area contributed by atoms with Gasteiger partial charge in [-0.05, 0) is 37.0 Å². The minimum absolute atomic E-state index is 0. The minimum Gasteiger partial charge on any atom is -0.340 e. The van der Waals surface area contributed by atoms with Crippen molar-refractivity contribution >= 4 is 29.9 Å². The van der Waals surface area contributed by atoms with Gasteiger partial charge in [-0.3, -0.25) is 9.69 Å². The Morgan fingerprint density at radius 3 is 2.37 bits per heavy atom. The van der Waals surface area contributed by atoms with Crippen LogP contribution < -0.4 is 5.32 Å². The number of rotatable bonds is 3. The first-order valence-electron chi connectivity index (χ1n) is 10.2. The van der Waals surface area contributed by atoms with E-state index >= 15 is 0 Å². The summed E-state index contributed by atoms with van der Waals surface area (Å²) in [6, 6.07) is 8.57. The van der Waals surface area contributed by atoms with Crippen molar-refractivity contribution in [2.24, 2.45) is 0 Å². The summed E-state index contributed by atoms with van der Waals surface area (Å²) in [5.74, 6) is 0.358. The maximum atomic E-state index is 13.7. The Hall–Kier alpha value is -0.810. The molecule has 1 unspecified atom stereocenters. The van der Waals surface area contributed by atoms with Crippen molar-refractivity contribution in [2.75, 3.05) is 39.3 Å². The van der Waals surface area contributed by atoms with Crippen LogP contribution in [0.2, 0.25) is 5.02 Å². The molecule has 1 amide bonds. The normalized spacial score (nSPS) is 25.8. The number of piperazine rings is 1. The van der Waals surface area contributed by atoms with Crippen LogP contribution in [0, 0.1) is 0 Å². The van der Waals surface area contributed by atoms with Crippen LogP contribution in [0.4, 0.5) is 0 Å². The van der Waals surface area contributed by atoms with Gasteiger partial charge in [-0.15, -0.1) is 12.4 Å². The number of hydrogen-bond donors (Lipinski definition) is 1. The molecule has 27 heavy (non-hydrogen) atoms. The van der Waals surface area contributed by atoms with E-state index in [0.717, 1.165) is 82.0 Å². The molecule has 0 radical (unpaired) electrons. The Morgan fingerprint density at radius 1 is 1.04 bits per heavy atom. The Kier molecular flexibility index (Phi) is 7.07. The molecular weight excluding hydrogens is 381 g/mol. The number of amides is 1. The molecule has 150 valence electrons. The van der Waals surface area contributed by atoms with Gasteiger partial charge in [0.05, 0.1) is 5.41 Å². The maximum Gasteiger partial charge on any atom is 0.233 e. The average Bonchev–Trinajstić information content (AvgIpc) is 3.19. The van der Waals surface area contributed by atoms with Crippen molar-refractivity contribution in [3.05, 3.63) is 34.9 Å². The molecule has 0 spiro atoms. The quantitative estimate of drug-likeness (QED) is 0.826. The molecule has 2 heterocycles. The number of hydrogen-bond acceptors (Lipinski definition) is 3. The largest absolute Gasteiger partial charge is 0.340 e. The molecule has 1 saturated carbocycles. The van der Waals surface area contributed by atoms with Crippen LogP contribution in [-0.4, -0.2) is 61.0 Å². The highest BCUT2D eigenvalue weighted by atomic mass is 35.5. The van der Waals surface area contributed by atoms with Gasteiger partial charge in [0.2, 0.25) is 5.91 Å². The van der Waals surface area contributed by atoms with Gasteiger partial charge in [0.15, 0.2) is 0 Å². The van der Waals surface area contributed by atoms with Gasteiger partial charge in [0.25, 0.3) is 0 Å². The third-order valence-corrected chi connectivity index (χ3v) is 6.88. The first-order chi connectivity index (χ1) is 12.7. The van der Waals surface area contributed by atoms with Crippen molar-refractivity contribution in [3.63, 3.8) is 0 Å². The predicted molar refractivity (Wildman–Crippen MR) is 113 cm³/mol. The molecule has 2 saturated heterocycles. The lowest BCUT2D eigenvalue weighted by Gasteiger charge is -2.40. The van der Waals surface area contributed by atoms with Gasteiger partial charge in [-0.1, -0.05) is 43.0 Å². The second-order valence-corrected chi connectivity index (χ2v) is 8.57. The summed E-state index contributed by atoms with van der Waals surface area (Å²) in [5.41, 5.74) is 0.832. The number of halogens is 2. The van der Waals surface area contributed by atoms with Crippen molar-refractivity contribution in [1.29, 1.82) is 0 Å². The number of carbonyl (C=O) groups is 1. The van der Waals surface area contributed by atoms with Gasteiger partial charge in [-0.2, -0.15) is 0 Å². The third-order valence-electron chi connectivity index (χ3n) is 6.63. The van der Waals surface area contributed by atoms with Gasteiger partial charge in [0, 0.05) is 50.3 Å². The minimum atomic E-state index is -0.332. The lowest BCUT2D eigenvalue weighted by Crippen LogP contribution is -2.51. The summed E-state index contributed by atoms with van der Waals surface area (Å²) in [4.78, 5) is 18.4. The maximum absolute atomic E-state index is 13.7. The summed E-state index contributed by atoms with van der Waals surface area (Å²) < 4.78 is 0. The van der Waals surface area contributed by atoms with Gasteiger partial charge in [-0.25, -0.2) is 0 Å². The standard InChI is InChI=1S/C21H30ClN3O.ClH/c22-18-6-4-17(5-7-18)21(9-2-1-3-10-21)20(26)25-13-8-19(16-25)24-14-11-23-12-15-24;/h4-7,19,23H,1-3,8-16H2;1H. The molecule has 0 bridgehead atoms. The summed E-state index contributed by atoms with van der Waals surface area (Å²) >= 11 is 6.10. The lowest BCUT2D eigenvalue weighted by molar-refractivity contribution is -0.138. The highest BCUT2D eigenvalue weighted by Gasteiger charge is 2.45. The van der Waals surface area contributed by atoms with Crippen LogP contribution in [0.3, 0.4) is 0 Å². The number of likely N-dealkylation sites (tertiary alicyclic amines) is 1. The van der Waals surface area contributed by atoms with Crippen LogP contribution in [-0.2, 0) is 10.2 Å². The number of benzene rings is 1. The van der Waals surface area contributed by atoms with Crippen LogP contribution in [0.1, 0.15) is 44.1 Å². The van der Waals surface area contributed by atoms with E-state index in [1.54, 1.807) is 0 Å². The van der Waals surface area contributed by atoms with E-state index in [1.165, 1.54) is 6.42 Å². The first-order valence-corrected chi connectivity index (χ1v) is 10.6. The van der Waals surface area contributed by atoms with E-state index in [9.17, 15) is 4.79 Å². The van der Waals surface area contributed by atoms with Crippen LogP contribution in [0.5, 0.6) is 0 Å². The Morgan fingerprint density at radius 2 is 1.70 bits per heavy atom. The number of nitrogens with one attached hydrogen (secondary N) is 1. The monoisotopic (exact) mass is 411 g/mol. The van der Waals surface area contributed by atoms with E-state index in [1.807, 2.05) is 12.1 Å². The third kappa shape index (κ3) is 4.29. The smallest absolute Gasteiger partial charge is 0.233 e. The molecule has 1 atom stereocenters. The number of carbonyl (C=O) groups excluding carboxylic acids is 1. The Bertz CT molecular complexity index is 625. The fourth-order valence-corrected chi connectivity index (χ4v) is 5.25.